The van der Waals surface area contributed by atoms with Crippen molar-refractivity contribution < 1.29 is 9.59 Å². The lowest BCUT2D eigenvalue weighted by atomic mass is 10.0. The van der Waals surface area contributed by atoms with Gasteiger partial charge in [-0.05, 0) is 7.05 Å². The Balaban J connectivity index is 1.70. The van der Waals surface area contributed by atoms with Crippen LogP contribution in [0, 0.1) is 12.3 Å². The van der Waals surface area contributed by atoms with Gasteiger partial charge < -0.3 is 14.7 Å². The minimum Gasteiger partial charge on any atom is -0.339 e. The number of hydrogen-bond donors (Lipinski definition) is 0. The molecule has 0 spiro atoms. The number of hydrogen-bond acceptors (Lipinski definition) is 5. The Bertz CT molecular complexity index is 511. The average molecular weight is 319 g/mol. The number of amides is 2. The lowest BCUT2D eigenvalue weighted by molar-refractivity contribution is -0.140. The van der Waals surface area contributed by atoms with E-state index in [2.05, 4.69) is 21.0 Å². The molecule has 0 aromatic heterocycles. The molecule has 1 fully saturated rings. The fraction of sp³-hybridized carbons (Fsp3) is 0.750. The van der Waals surface area contributed by atoms with Crippen molar-refractivity contribution in [2.45, 2.75) is 31.3 Å². The van der Waals surface area contributed by atoms with Crippen molar-refractivity contribution in [2.75, 3.05) is 46.8 Å². The highest BCUT2D eigenvalue weighted by molar-refractivity contribution is 5.84. The fourth-order valence-corrected chi connectivity index (χ4v) is 2.61. The largest absolute Gasteiger partial charge is 0.339 e. The van der Waals surface area contributed by atoms with Gasteiger partial charge >= 0.3 is 0 Å². The summed E-state index contributed by atoms with van der Waals surface area (Å²) in [6.45, 7) is 3.34. The Morgan fingerprint density at radius 2 is 1.87 bits per heavy atom. The lowest BCUT2D eigenvalue weighted by Gasteiger charge is -2.33. The molecule has 2 aliphatic heterocycles. The summed E-state index contributed by atoms with van der Waals surface area (Å²) >= 11 is 0. The maximum atomic E-state index is 12.2. The summed E-state index contributed by atoms with van der Waals surface area (Å²) < 4.78 is 0. The van der Waals surface area contributed by atoms with Crippen LogP contribution in [0.2, 0.25) is 0 Å². The van der Waals surface area contributed by atoms with Crippen LogP contribution < -0.4 is 0 Å². The number of terminal acetylenes is 1. The molecule has 0 unspecified atom stereocenters. The van der Waals surface area contributed by atoms with E-state index >= 15 is 0 Å². The van der Waals surface area contributed by atoms with E-state index in [9.17, 15) is 9.59 Å². The molecule has 2 aliphatic rings. The van der Waals surface area contributed by atoms with Crippen molar-refractivity contribution >= 4 is 11.8 Å². The first kappa shape index (κ1) is 17.4. The Hall–Kier alpha value is -1.94. The first-order valence-electron chi connectivity index (χ1n) is 8.03. The van der Waals surface area contributed by atoms with Gasteiger partial charge in [0.1, 0.15) is 0 Å². The molecule has 0 aromatic rings. The van der Waals surface area contributed by atoms with Gasteiger partial charge in [-0.1, -0.05) is 0 Å². The summed E-state index contributed by atoms with van der Waals surface area (Å²) in [6.07, 6.45) is 7.46. The molecule has 2 rings (SSSR count). The van der Waals surface area contributed by atoms with E-state index in [1.807, 2.05) is 11.9 Å². The van der Waals surface area contributed by atoms with Gasteiger partial charge in [-0.25, -0.2) is 0 Å². The van der Waals surface area contributed by atoms with E-state index in [1.165, 1.54) is 4.90 Å². The van der Waals surface area contributed by atoms with Crippen molar-refractivity contribution in [2.24, 2.45) is 10.2 Å². The number of carbonyl (C=O) groups is 2. The van der Waals surface area contributed by atoms with Crippen LogP contribution in [-0.2, 0) is 9.59 Å². The minimum atomic E-state index is -0.440. The van der Waals surface area contributed by atoms with Crippen molar-refractivity contribution in [3.05, 3.63) is 0 Å². The lowest BCUT2D eigenvalue weighted by Crippen LogP contribution is -2.50. The van der Waals surface area contributed by atoms with Gasteiger partial charge in [-0.3, -0.25) is 9.59 Å². The van der Waals surface area contributed by atoms with E-state index in [0.29, 0.717) is 25.7 Å². The molecule has 0 aliphatic carbocycles. The number of piperazine rings is 1. The monoisotopic (exact) mass is 319 g/mol. The molecule has 0 radical (unpaired) electrons. The zero-order valence-electron chi connectivity index (χ0n) is 14.0. The smallest absolute Gasteiger partial charge is 0.242 e. The highest BCUT2D eigenvalue weighted by Crippen LogP contribution is 2.37. The molecule has 0 bridgehead atoms. The Morgan fingerprint density at radius 3 is 2.43 bits per heavy atom. The molecule has 0 aromatic carbocycles. The van der Waals surface area contributed by atoms with Gasteiger partial charge in [0.15, 0.2) is 5.66 Å². The maximum Gasteiger partial charge on any atom is 0.242 e. The molecular formula is C16H25N5O2. The van der Waals surface area contributed by atoms with Crippen LogP contribution in [0.15, 0.2) is 10.2 Å². The van der Waals surface area contributed by atoms with Crippen molar-refractivity contribution in [3.8, 4) is 12.3 Å². The standard InChI is InChI=1S/C16H25N5O2/c1-4-5-7-16(17-18-16)8-6-14(22)20(3)13-15(23)21-11-9-19(2)10-12-21/h1H,5-13H2,2-3H3. The summed E-state index contributed by atoms with van der Waals surface area (Å²) in [5.41, 5.74) is -0.440. The van der Waals surface area contributed by atoms with Crippen LogP contribution in [0.25, 0.3) is 0 Å². The molecule has 0 saturated carbocycles. The van der Waals surface area contributed by atoms with E-state index in [4.69, 9.17) is 6.42 Å². The number of nitrogens with zero attached hydrogens (tertiary/aromatic N) is 5. The van der Waals surface area contributed by atoms with E-state index in [0.717, 1.165) is 26.2 Å². The Morgan fingerprint density at radius 1 is 1.22 bits per heavy atom. The third-order valence-electron chi connectivity index (χ3n) is 4.45. The van der Waals surface area contributed by atoms with Crippen LogP contribution in [0.4, 0.5) is 0 Å². The normalized spacial score (nSPS) is 19.3. The van der Waals surface area contributed by atoms with Crippen LogP contribution in [-0.4, -0.2) is 79.0 Å². The van der Waals surface area contributed by atoms with Crippen LogP contribution >= 0.6 is 0 Å². The fourth-order valence-electron chi connectivity index (χ4n) is 2.61. The highest BCUT2D eigenvalue weighted by Gasteiger charge is 2.39. The minimum absolute atomic E-state index is 0.0109. The summed E-state index contributed by atoms with van der Waals surface area (Å²) in [6, 6.07) is 0. The van der Waals surface area contributed by atoms with Crippen molar-refractivity contribution in [1.29, 1.82) is 0 Å². The molecule has 7 nitrogen and oxygen atoms in total. The summed E-state index contributed by atoms with van der Waals surface area (Å²) in [4.78, 5) is 29.9. The van der Waals surface area contributed by atoms with Gasteiger partial charge in [0.25, 0.3) is 0 Å². The second-order valence-electron chi connectivity index (χ2n) is 6.32. The van der Waals surface area contributed by atoms with Gasteiger partial charge in [0.05, 0.1) is 6.54 Å². The van der Waals surface area contributed by atoms with Gasteiger partial charge in [-0.2, -0.15) is 10.2 Å². The quantitative estimate of drug-likeness (QED) is 0.644. The first-order valence-corrected chi connectivity index (χ1v) is 8.03. The number of likely N-dealkylation sites (N-methyl/N-ethyl adjacent to an activating group) is 2. The summed E-state index contributed by atoms with van der Waals surface area (Å²) in [5, 5.41) is 8.05. The predicted molar refractivity (Wildman–Crippen MR) is 86.6 cm³/mol. The molecule has 7 heteroatoms. The first-order chi connectivity index (χ1) is 11.0. The molecule has 2 amide bonds. The zero-order valence-corrected chi connectivity index (χ0v) is 14.0. The molecule has 23 heavy (non-hydrogen) atoms. The predicted octanol–water partition coefficient (Wildman–Crippen LogP) is 0.575. The van der Waals surface area contributed by atoms with Crippen molar-refractivity contribution in [3.63, 3.8) is 0 Å². The summed E-state index contributed by atoms with van der Waals surface area (Å²) in [7, 11) is 3.72. The molecule has 1 saturated heterocycles. The second kappa shape index (κ2) is 7.55. The van der Waals surface area contributed by atoms with Crippen LogP contribution in [0.5, 0.6) is 0 Å². The number of rotatable bonds is 7. The highest BCUT2D eigenvalue weighted by atomic mass is 16.2. The molecule has 126 valence electrons. The topological polar surface area (TPSA) is 68.6 Å². The van der Waals surface area contributed by atoms with Crippen LogP contribution in [0.3, 0.4) is 0 Å². The van der Waals surface area contributed by atoms with Crippen molar-refractivity contribution in [1.82, 2.24) is 14.7 Å². The van der Waals surface area contributed by atoms with E-state index in [1.54, 1.807) is 7.05 Å². The van der Waals surface area contributed by atoms with Gasteiger partial charge in [0.2, 0.25) is 11.8 Å². The molecule has 0 N–H and O–H groups in total. The zero-order chi connectivity index (χ0) is 16.9. The Labute approximate surface area is 137 Å². The maximum absolute atomic E-state index is 12.2. The molecular weight excluding hydrogens is 294 g/mol. The number of carbonyl (C=O) groups excluding carboxylic acids is 2. The Kier molecular flexibility index (Phi) is 5.72. The second-order valence-corrected chi connectivity index (χ2v) is 6.32. The van der Waals surface area contributed by atoms with E-state index in [-0.39, 0.29) is 18.4 Å². The average Bonchev–Trinajstić information content (AvgIpc) is 3.31. The third kappa shape index (κ3) is 5.03. The SMILES string of the molecule is C#CCCC1(CCC(=O)N(C)CC(=O)N2CCN(C)CC2)N=N1. The third-order valence-corrected chi connectivity index (χ3v) is 4.45. The van der Waals surface area contributed by atoms with Gasteiger partial charge in [-0.15, -0.1) is 12.3 Å². The summed E-state index contributed by atoms with van der Waals surface area (Å²) in [5.74, 6) is 2.53. The van der Waals surface area contributed by atoms with Crippen LogP contribution in [0.1, 0.15) is 25.7 Å². The van der Waals surface area contributed by atoms with Gasteiger partial charge in [0, 0.05) is 58.9 Å². The van der Waals surface area contributed by atoms with E-state index < -0.39 is 5.66 Å². The molecule has 2 heterocycles. The molecule has 0 atom stereocenters.